The molecule has 2 rings (SSSR count). The van der Waals surface area contributed by atoms with E-state index in [1.807, 2.05) is 16.8 Å². The monoisotopic (exact) mass is 307 g/mol. The Hall–Kier alpha value is -1.62. The van der Waals surface area contributed by atoms with Crippen LogP contribution in [0.15, 0.2) is 18.2 Å². The fraction of sp³-hybridized carbons (Fsp3) is 0.533. The highest BCUT2D eigenvalue weighted by molar-refractivity contribution is 6.35. The summed E-state index contributed by atoms with van der Waals surface area (Å²) in [6.45, 7) is 10.8. The standard InChI is InChI=1S/C15H22ClN5/c1-14(2,3)9-15(4,5)21-13(18-19-20-21)10-7-6-8-11(17)12(10)16/h6-8H,9,17H2,1-5H3. The predicted molar refractivity (Wildman–Crippen MR) is 86.1 cm³/mol. The Morgan fingerprint density at radius 3 is 2.48 bits per heavy atom. The summed E-state index contributed by atoms with van der Waals surface area (Å²) < 4.78 is 1.83. The number of hydrogen-bond donors (Lipinski definition) is 1. The van der Waals surface area contributed by atoms with Gasteiger partial charge in [-0.1, -0.05) is 38.4 Å². The number of rotatable bonds is 3. The number of nitrogens with zero attached hydrogens (tertiary/aromatic N) is 4. The van der Waals surface area contributed by atoms with E-state index in [9.17, 15) is 0 Å². The number of nitrogen functional groups attached to an aromatic ring is 1. The first-order chi connectivity index (χ1) is 9.62. The molecule has 6 heteroatoms. The van der Waals surface area contributed by atoms with Crippen molar-refractivity contribution in [1.29, 1.82) is 0 Å². The van der Waals surface area contributed by atoms with Gasteiger partial charge in [-0.15, -0.1) is 5.10 Å². The maximum atomic E-state index is 6.31. The number of hydrogen-bond acceptors (Lipinski definition) is 4. The second-order valence-electron chi connectivity index (χ2n) is 7.17. The van der Waals surface area contributed by atoms with E-state index < -0.39 is 0 Å². The molecule has 0 aliphatic heterocycles. The molecule has 1 aromatic heterocycles. The summed E-state index contributed by atoms with van der Waals surface area (Å²) in [5.74, 6) is 0.640. The van der Waals surface area contributed by atoms with Crippen molar-refractivity contribution in [3.8, 4) is 11.4 Å². The first kappa shape index (κ1) is 15.8. The Morgan fingerprint density at radius 2 is 1.86 bits per heavy atom. The molecule has 0 aliphatic rings. The van der Waals surface area contributed by atoms with E-state index in [2.05, 4.69) is 50.1 Å². The molecular formula is C15H22ClN5. The van der Waals surface area contributed by atoms with E-state index in [0.717, 1.165) is 12.0 Å². The first-order valence-corrected chi connectivity index (χ1v) is 7.33. The van der Waals surface area contributed by atoms with Crippen molar-refractivity contribution < 1.29 is 0 Å². The molecule has 0 aliphatic carbocycles. The molecule has 0 fully saturated rings. The number of benzene rings is 1. The number of halogens is 1. The second-order valence-corrected chi connectivity index (χ2v) is 7.55. The number of aromatic nitrogens is 4. The molecule has 0 saturated heterocycles. The van der Waals surface area contributed by atoms with E-state index in [-0.39, 0.29) is 11.0 Å². The molecule has 0 amide bonds. The van der Waals surface area contributed by atoms with Crippen LogP contribution in [-0.2, 0) is 5.54 Å². The lowest BCUT2D eigenvalue weighted by atomic mass is 9.82. The fourth-order valence-electron chi connectivity index (χ4n) is 2.86. The van der Waals surface area contributed by atoms with E-state index >= 15 is 0 Å². The predicted octanol–water partition coefficient (Wildman–Crippen LogP) is 3.75. The maximum absolute atomic E-state index is 6.31. The summed E-state index contributed by atoms with van der Waals surface area (Å²) in [5, 5.41) is 12.6. The van der Waals surface area contributed by atoms with Crippen LogP contribution in [-0.4, -0.2) is 20.2 Å². The van der Waals surface area contributed by atoms with Gasteiger partial charge in [0, 0.05) is 5.56 Å². The Bertz CT molecular complexity index is 640. The van der Waals surface area contributed by atoms with Gasteiger partial charge in [-0.25, -0.2) is 4.68 Å². The largest absolute Gasteiger partial charge is 0.398 e. The number of nitrogens with two attached hydrogens (primary N) is 1. The molecule has 114 valence electrons. The summed E-state index contributed by atoms with van der Waals surface area (Å²) in [5.41, 5.74) is 7.08. The molecule has 0 saturated carbocycles. The van der Waals surface area contributed by atoms with Crippen molar-refractivity contribution in [1.82, 2.24) is 20.2 Å². The van der Waals surface area contributed by atoms with Crippen molar-refractivity contribution in [2.45, 2.75) is 46.6 Å². The van der Waals surface area contributed by atoms with Gasteiger partial charge in [0.15, 0.2) is 5.82 Å². The number of anilines is 1. The third-order valence-electron chi connectivity index (χ3n) is 3.28. The van der Waals surface area contributed by atoms with Gasteiger partial charge < -0.3 is 5.73 Å². The Kier molecular flexibility index (Phi) is 3.97. The summed E-state index contributed by atoms with van der Waals surface area (Å²) in [6, 6.07) is 5.50. The van der Waals surface area contributed by atoms with Crippen LogP contribution in [0.3, 0.4) is 0 Å². The Morgan fingerprint density at radius 1 is 1.19 bits per heavy atom. The minimum atomic E-state index is -0.231. The van der Waals surface area contributed by atoms with Gasteiger partial charge in [0.2, 0.25) is 0 Å². The van der Waals surface area contributed by atoms with Crippen LogP contribution in [0.5, 0.6) is 0 Å². The molecule has 0 radical (unpaired) electrons. The SMILES string of the molecule is CC(C)(C)CC(C)(C)n1nnnc1-c1cccc(N)c1Cl. The molecular weight excluding hydrogens is 286 g/mol. The lowest BCUT2D eigenvalue weighted by molar-refractivity contribution is 0.197. The van der Waals surface area contributed by atoms with Gasteiger partial charge in [-0.05, 0) is 48.2 Å². The Balaban J connectivity index is 2.50. The summed E-state index contributed by atoms with van der Waals surface area (Å²) in [7, 11) is 0. The van der Waals surface area contributed by atoms with Crippen LogP contribution < -0.4 is 5.73 Å². The first-order valence-electron chi connectivity index (χ1n) is 6.95. The fourth-order valence-corrected chi connectivity index (χ4v) is 3.07. The van der Waals surface area contributed by atoms with E-state index in [4.69, 9.17) is 17.3 Å². The lowest BCUT2D eigenvalue weighted by Crippen LogP contribution is -2.33. The highest BCUT2D eigenvalue weighted by atomic mass is 35.5. The van der Waals surface area contributed by atoms with Crippen LogP contribution in [0, 0.1) is 5.41 Å². The van der Waals surface area contributed by atoms with Crippen molar-refractivity contribution >= 4 is 17.3 Å². The van der Waals surface area contributed by atoms with Gasteiger partial charge >= 0.3 is 0 Å². The van der Waals surface area contributed by atoms with Crippen LogP contribution in [0.1, 0.15) is 41.0 Å². The van der Waals surface area contributed by atoms with Crippen molar-refractivity contribution in [2.24, 2.45) is 5.41 Å². The van der Waals surface area contributed by atoms with Crippen molar-refractivity contribution in [3.05, 3.63) is 23.2 Å². The second kappa shape index (κ2) is 5.30. The average Bonchev–Trinajstić information content (AvgIpc) is 2.79. The molecule has 2 N–H and O–H groups in total. The molecule has 0 bridgehead atoms. The van der Waals surface area contributed by atoms with Gasteiger partial charge in [-0.2, -0.15) is 0 Å². The van der Waals surface area contributed by atoms with Gasteiger partial charge in [-0.3, -0.25) is 0 Å². The Labute approximate surface area is 130 Å². The molecule has 1 heterocycles. The van der Waals surface area contributed by atoms with E-state index in [0.29, 0.717) is 16.5 Å². The van der Waals surface area contributed by atoms with E-state index in [1.165, 1.54) is 0 Å². The molecule has 21 heavy (non-hydrogen) atoms. The molecule has 1 aromatic carbocycles. The minimum absolute atomic E-state index is 0.159. The molecule has 0 spiro atoms. The third-order valence-corrected chi connectivity index (χ3v) is 3.70. The summed E-state index contributed by atoms with van der Waals surface area (Å²) >= 11 is 6.31. The summed E-state index contributed by atoms with van der Waals surface area (Å²) in [4.78, 5) is 0. The maximum Gasteiger partial charge on any atom is 0.184 e. The average molecular weight is 308 g/mol. The molecule has 0 atom stereocenters. The zero-order valence-corrected chi connectivity index (χ0v) is 13.9. The quantitative estimate of drug-likeness (QED) is 0.877. The minimum Gasteiger partial charge on any atom is -0.398 e. The topological polar surface area (TPSA) is 69.6 Å². The molecule has 2 aromatic rings. The van der Waals surface area contributed by atoms with E-state index in [1.54, 1.807) is 6.07 Å². The van der Waals surface area contributed by atoms with Crippen molar-refractivity contribution in [3.63, 3.8) is 0 Å². The van der Waals surface area contributed by atoms with Crippen LogP contribution in [0.4, 0.5) is 5.69 Å². The highest BCUT2D eigenvalue weighted by Crippen LogP contribution is 2.36. The van der Waals surface area contributed by atoms with Crippen LogP contribution in [0.2, 0.25) is 5.02 Å². The third kappa shape index (κ3) is 3.35. The van der Waals surface area contributed by atoms with Crippen LogP contribution in [0.25, 0.3) is 11.4 Å². The van der Waals surface area contributed by atoms with Gasteiger partial charge in [0.25, 0.3) is 0 Å². The zero-order valence-electron chi connectivity index (χ0n) is 13.2. The smallest absolute Gasteiger partial charge is 0.184 e. The molecule has 5 nitrogen and oxygen atoms in total. The molecule has 0 unspecified atom stereocenters. The lowest BCUT2D eigenvalue weighted by Gasteiger charge is -2.32. The number of tetrazole rings is 1. The van der Waals surface area contributed by atoms with Gasteiger partial charge in [0.1, 0.15) is 0 Å². The van der Waals surface area contributed by atoms with Crippen molar-refractivity contribution in [2.75, 3.05) is 5.73 Å². The van der Waals surface area contributed by atoms with Gasteiger partial charge in [0.05, 0.1) is 16.2 Å². The summed E-state index contributed by atoms with van der Waals surface area (Å²) in [6.07, 6.45) is 0.929. The van der Waals surface area contributed by atoms with Crippen LogP contribution >= 0.6 is 11.6 Å². The zero-order chi connectivity index (χ0) is 15.8. The normalized spacial score (nSPS) is 12.7. The highest BCUT2D eigenvalue weighted by Gasteiger charge is 2.31.